The van der Waals surface area contributed by atoms with Crippen LogP contribution < -0.4 is 0 Å². The summed E-state index contributed by atoms with van der Waals surface area (Å²) < 4.78 is 0. The molecule has 0 nitrogen and oxygen atoms in total. The predicted molar refractivity (Wildman–Crippen MR) is 86.0 cm³/mol. The summed E-state index contributed by atoms with van der Waals surface area (Å²) in [7, 11) is 0. The summed E-state index contributed by atoms with van der Waals surface area (Å²) in [5.74, 6) is 0. The summed E-state index contributed by atoms with van der Waals surface area (Å²) >= 11 is 1.35. The average Bonchev–Trinajstić information content (AvgIpc) is 3.00. The molecule has 2 unspecified atom stereocenters. The molecular weight excluding hydrogens is 296 g/mol. The summed E-state index contributed by atoms with van der Waals surface area (Å²) in [6, 6.07) is 0. The van der Waals surface area contributed by atoms with Gasteiger partial charge in [-0.15, -0.1) is 0 Å². The van der Waals surface area contributed by atoms with E-state index in [1.54, 1.807) is 22.3 Å². The first-order valence-electron chi connectivity index (χ1n) is 8.64. The van der Waals surface area contributed by atoms with Crippen molar-refractivity contribution in [2.45, 2.75) is 74.8 Å². The molecule has 114 valence electrons. The molecule has 0 heterocycles. The molecule has 0 amide bonds. The van der Waals surface area contributed by atoms with Crippen molar-refractivity contribution in [3.8, 4) is 0 Å². The van der Waals surface area contributed by atoms with Gasteiger partial charge in [0.1, 0.15) is 0 Å². The van der Waals surface area contributed by atoms with Crippen LogP contribution in [0.4, 0.5) is 0 Å². The quantitative estimate of drug-likeness (QED) is 0.523. The zero-order chi connectivity index (χ0) is 14.4. The molecule has 4 aliphatic rings. The van der Waals surface area contributed by atoms with E-state index < -0.39 is 0 Å². The number of rotatable bonds is 2. The van der Waals surface area contributed by atoms with Crippen LogP contribution in [0.3, 0.4) is 0 Å². The molecule has 0 aromatic carbocycles. The van der Waals surface area contributed by atoms with Crippen LogP contribution in [-0.4, -0.2) is 0 Å². The summed E-state index contributed by atoms with van der Waals surface area (Å²) in [5, 5.41) is 0. The molecule has 0 aromatic rings. The molecule has 0 N–H and O–H groups in total. The van der Waals surface area contributed by atoms with E-state index in [1.807, 2.05) is 11.1 Å². The fourth-order valence-electron chi connectivity index (χ4n) is 4.53. The second kappa shape index (κ2) is 5.60. The Labute approximate surface area is 135 Å². The number of hydrogen-bond donors (Lipinski definition) is 0. The Balaban J connectivity index is 1.57. The summed E-state index contributed by atoms with van der Waals surface area (Å²) in [6.45, 7) is 4.70. The molecule has 0 radical (unpaired) electrons. The van der Waals surface area contributed by atoms with Gasteiger partial charge >= 0.3 is 135 Å². The second-order valence-corrected chi connectivity index (χ2v) is 8.75. The van der Waals surface area contributed by atoms with Gasteiger partial charge in [0.25, 0.3) is 0 Å². The van der Waals surface area contributed by atoms with Crippen LogP contribution >= 0.6 is 0 Å². The number of hydrogen-bond acceptors (Lipinski definition) is 0. The van der Waals surface area contributed by atoms with Crippen LogP contribution in [0.25, 0.3) is 0 Å². The second-order valence-electron chi connectivity index (χ2n) is 7.01. The fraction of sp³-hybridized carbons (Fsp3) is 0.600. The maximum absolute atomic E-state index is 2.60. The minimum absolute atomic E-state index is 0.753. The molecule has 1 heteroatoms. The van der Waals surface area contributed by atoms with E-state index in [2.05, 4.69) is 26.0 Å². The van der Waals surface area contributed by atoms with Gasteiger partial charge in [-0.3, -0.25) is 0 Å². The summed E-state index contributed by atoms with van der Waals surface area (Å²) in [6.07, 6.45) is 16.3. The van der Waals surface area contributed by atoms with E-state index >= 15 is 0 Å². The van der Waals surface area contributed by atoms with Gasteiger partial charge in [-0.25, -0.2) is 0 Å². The van der Waals surface area contributed by atoms with Crippen LogP contribution in [0.15, 0.2) is 45.6 Å². The standard InChI is InChI=1S/2C10H13.Fe/c2*1-8-6-7-9-4-2-3-5-10(8)9;/h2*6-7H,2-5H2,1H3;. The van der Waals surface area contributed by atoms with E-state index in [9.17, 15) is 0 Å². The van der Waals surface area contributed by atoms with E-state index in [-0.39, 0.29) is 0 Å². The normalized spacial score (nSPS) is 32.3. The maximum atomic E-state index is 2.60. The molecule has 0 saturated heterocycles. The zero-order valence-corrected chi connectivity index (χ0v) is 14.4. The van der Waals surface area contributed by atoms with Crippen LogP contribution in [-0.2, 0) is 15.0 Å². The van der Waals surface area contributed by atoms with E-state index in [0.717, 1.165) is 9.63 Å². The zero-order valence-electron chi connectivity index (χ0n) is 13.3. The first kappa shape index (κ1) is 14.1. The molecule has 0 fully saturated rings. The van der Waals surface area contributed by atoms with Crippen LogP contribution in [0.1, 0.15) is 65.2 Å². The van der Waals surface area contributed by atoms with Crippen LogP contribution in [0.2, 0.25) is 9.63 Å². The molecule has 0 aliphatic heterocycles. The van der Waals surface area contributed by atoms with Crippen molar-refractivity contribution in [3.05, 3.63) is 45.6 Å². The third-order valence-electron chi connectivity index (χ3n) is 5.66. The van der Waals surface area contributed by atoms with Crippen molar-refractivity contribution in [1.82, 2.24) is 0 Å². The van der Waals surface area contributed by atoms with Crippen molar-refractivity contribution < 1.29 is 15.0 Å². The van der Waals surface area contributed by atoms with Crippen molar-refractivity contribution in [3.63, 3.8) is 0 Å². The molecule has 21 heavy (non-hydrogen) atoms. The SMILES string of the molecule is CC1=C[CH]([Fe][CH]2C=C(C)C3=C2CCCC3)C2=C1CCCC2. The Bertz CT molecular complexity index is 533. The summed E-state index contributed by atoms with van der Waals surface area (Å²) in [5.41, 5.74) is 10.3. The third-order valence-corrected chi connectivity index (χ3v) is 7.59. The predicted octanol–water partition coefficient (Wildman–Crippen LogP) is 6.31. The Morgan fingerprint density at radius 2 is 1.14 bits per heavy atom. The van der Waals surface area contributed by atoms with Gasteiger partial charge in [-0.2, -0.15) is 0 Å². The molecule has 0 saturated carbocycles. The van der Waals surface area contributed by atoms with Crippen LogP contribution in [0, 0.1) is 0 Å². The molecule has 4 rings (SSSR count). The molecule has 4 aliphatic carbocycles. The summed E-state index contributed by atoms with van der Waals surface area (Å²) in [4.78, 5) is 1.51. The van der Waals surface area contributed by atoms with Gasteiger partial charge in [-0.1, -0.05) is 0 Å². The average molecular weight is 322 g/mol. The van der Waals surface area contributed by atoms with E-state index in [4.69, 9.17) is 0 Å². The molecule has 0 bridgehead atoms. The molecule has 0 spiro atoms. The van der Waals surface area contributed by atoms with Crippen molar-refractivity contribution in [2.75, 3.05) is 0 Å². The van der Waals surface area contributed by atoms with E-state index in [0.29, 0.717) is 0 Å². The molecule has 2 atom stereocenters. The van der Waals surface area contributed by atoms with Crippen molar-refractivity contribution in [1.29, 1.82) is 0 Å². The van der Waals surface area contributed by atoms with E-state index in [1.165, 1.54) is 66.3 Å². The van der Waals surface area contributed by atoms with Gasteiger partial charge in [0.05, 0.1) is 0 Å². The topological polar surface area (TPSA) is 0 Å². The Kier molecular flexibility index (Phi) is 3.76. The first-order chi connectivity index (χ1) is 10.2. The molecular formula is C20H26Fe. The van der Waals surface area contributed by atoms with Gasteiger partial charge in [0.2, 0.25) is 0 Å². The fourth-order valence-corrected chi connectivity index (χ4v) is 6.87. The monoisotopic (exact) mass is 322 g/mol. The van der Waals surface area contributed by atoms with Crippen molar-refractivity contribution in [2.24, 2.45) is 0 Å². The van der Waals surface area contributed by atoms with Crippen LogP contribution in [0.5, 0.6) is 0 Å². The molecule has 0 aromatic heterocycles. The van der Waals surface area contributed by atoms with Gasteiger partial charge in [-0.05, 0) is 0 Å². The van der Waals surface area contributed by atoms with Gasteiger partial charge in [0, 0.05) is 0 Å². The third kappa shape index (κ3) is 2.43. The van der Waals surface area contributed by atoms with Gasteiger partial charge in [0.15, 0.2) is 0 Å². The number of allylic oxidation sites excluding steroid dienone is 8. The van der Waals surface area contributed by atoms with Crippen molar-refractivity contribution >= 4 is 0 Å². The van der Waals surface area contributed by atoms with Gasteiger partial charge < -0.3 is 0 Å². The Morgan fingerprint density at radius 3 is 1.62 bits per heavy atom. The Hall–Kier alpha value is -0.521. The minimum atomic E-state index is 0.753. The first-order valence-corrected chi connectivity index (χ1v) is 9.92. The Morgan fingerprint density at radius 1 is 0.714 bits per heavy atom.